The summed E-state index contributed by atoms with van der Waals surface area (Å²) in [6, 6.07) is 6.58. The summed E-state index contributed by atoms with van der Waals surface area (Å²) in [5.41, 5.74) is 0.812. The van der Waals surface area contributed by atoms with Crippen LogP contribution in [0.2, 0.25) is 5.02 Å². The number of amides is 1. The smallest absolute Gasteiger partial charge is 0.225 e. The summed E-state index contributed by atoms with van der Waals surface area (Å²) in [5.74, 6) is -0.550. The summed E-state index contributed by atoms with van der Waals surface area (Å²) in [5, 5.41) is 28.2. The molecule has 2 saturated carbocycles. The molecule has 0 bridgehead atoms. The first-order valence-electron chi connectivity index (χ1n) is 9.47. The van der Waals surface area contributed by atoms with Gasteiger partial charge in [-0.05, 0) is 55.7 Å². The van der Waals surface area contributed by atoms with Crippen molar-refractivity contribution in [3.8, 4) is 0 Å². The maximum absolute atomic E-state index is 13.1. The summed E-state index contributed by atoms with van der Waals surface area (Å²) in [6.07, 6.45) is 2.50. The molecule has 5 atom stereocenters. The van der Waals surface area contributed by atoms with E-state index in [0.29, 0.717) is 10.1 Å². The lowest BCUT2D eigenvalue weighted by Crippen LogP contribution is -2.61. The lowest BCUT2D eigenvalue weighted by atomic mass is 9.77. The summed E-state index contributed by atoms with van der Waals surface area (Å²) >= 11 is 11.5. The van der Waals surface area contributed by atoms with E-state index in [1.54, 1.807) is 12.1 Å². The van der Waals surface area contributed by atoms with Crippen LogP contribution in [0.25, 0.3) is 0 Å². The zero-order valence-corrected chi connectivity index (χ0v) is 16.4. The molecule has 4 N–H and O–H groups in total. The summed E-state index contributed by atoms with van der Waals surface area (Å²) in [4.78, 5) is 14.9. The maximum Gasteiger partial charge on any atom is 0.225 e. The molecule has 1 aromatic rings. The number of aliphatic hydroxyl groups is 2. The Morgan fingerprint density at radius 1 is 1.22 bits per heavy atom. The number of fused-ring (bicyclic) bond motifs is 1. The fourth-order valence-corrected chi connectivity index (χ4v) is 5.11. The largest absolute Gasteiger partial charge is 0.390 e. The third-order valence-corrected chi connectivity index (χ3v) is 6.55. The van der Waals surface area contributed by atoms with Crippen LogP contribution in [-0.4, -0.2) is 51.6 Å². The zero-order valence-electron chi connectivity index (χ0n) is 14.8. The fourth-order valence-electron chi connectivity index (χ4n) is 4.62. The van der Waals surface area contributed by atoms with Crippen molar-refractivity contribution in [3.63, 3.8) is 0 Å². The second-order valence-corrected chi connectivity index (χ2v) is 8.53. The number of carbonyl (C=O) groups is 1. The highest BCUT2D eigenvalue weighted by Gasteiger charge is 2.54. The fraction of sp³-hybridized carbons (Fsp3) is 0.579. The van der Waals surface area contributed by atoms with Gasteiger partial charge in [-0.1, -0.05) is 24.4 Å². The molecule has 0 spiro atoms. The molecule has 1 aliphatic heterocycles. The van der Waals surface area contributed by atoms with E-state index in [-0.39, 0.29) is 24.4 Å². The number of anilines is 1. The Labute approximate surface area is 168 Å². The molecule has 0 radical (unpaired) electrons. The average Bonchev–Trinajstić information content (AvgIpc) is 3.26. The van der Waals surface area contributed by atoms with E-state index in [2.05, 4.69) is 10.6 Å². The quantitative estimate of drug-likeness (QED) is 0.567. The number of benzene rings is 1. The highest BCUT2D eigenvalue weighted by molar-refractivity contribution is 7.80. The van der Waals surface area contributed by atoms with Gasteiger partial charge >= 0.3 is 0 Å². The zero-order chi connectivity index (χ0) is 19.1. The van der Waals surface area contributed by atoms with Crippen molar-refractivity contribution in [3.05, 3.63) is 29.3 Å². The SMILES string of the molecule is O=C(NC1CCCC1)[C@@H]1C[C@@H](O)[C@H](O)[C@@H]2NC(=S)N(c3ccc(Cl)cc3)[C@@H]21. The second kappa shape index (κ2) is 7.54. The molecule has 1 saturated heterocycles. The van der Waals surface area contributed by atoms with E-state index < -0.39 is 24.2 Å². The number of rotatable bonds is 3. The number of nitrogens with zero attached hydrogens (tertiary/aromatic N) is 1. The Balaban J connectivity index is 1.64. The van der Waals surface area contributed by atoms with Gasteiger partial charge in [-0.3, -0.25) is 4.79 Å². The third-order valence-electron chi connectivity index (χ3n) is 5.99. The van der Waals surface area contributed by atoms with Crippen molar-refractivity contribution >= 4 is 40.5 Å². The molecule has 0 unspecified atom stereocenters. The van der Waals surface area contributed by atoms with Gasteiger partial charge in [0.15, 0.2) is 5.11 Å². The molecule has 3 aliphatic rings. The van der Waals surface area contributed by atoms with Crippen LogP contribution in [0.3, 0.4) is 0 Å². The van der Waals surface area contributed by atoms with Crippen LogP contribution in [0.5, 0.6) is 0 Å². The number of hydrogen-bond acceptors (Lipinski definition) is 4. The Morgan fingerprint density at radius 2 is 1.89 bits per heavy atom. The maximum atomic E-state index is 13.1. The van der Waals surface area contributed by atoms with Crippen molar-refractivity contribution in [1.29, 1.82) is 0 Å². The molecule has 1 amide bonds. The van der Waals surface area contributed by atoms with Crippen LogP contribution in [-0.2, 0) is 4.79 Å². The lowest BCUT2D eigenvalue weighted by molar-refractivity contribution is -0.131. The predicted octanol–water partition coefficient (Wildman–Crippen LogP) is 1.57. The third kappa shape index (κ3) is 3.53. The molecule has 0 aromatic heterocycles. The average molecular weight is 410 g/mol. The van der Waals surface area contributed by atoms with Crippen LogP contribution >= 0.6 is 23.8 Å². The van der Waals surface area contributed by atoms with Crippen LogP contribution in [0.15, 0.2) is 24.3 Å². The van der Waals surface area contributed by atoms with Crippen molar-refractivity contribution in [2.75, 3.05) is 4.90 Å². The van der Waals surface area contributed by atoms with Gasteiger partial charge in [0.2, 0.25) is 5.91 Å². The van der Waals surface area contributed by atoms with E-state index in [0.717, 1.165) is 31.4 Å². The molecular formula is C19H24ClN3O3S. The van der Waals surface area contributed by atoms with Gasteiger partial charge in [-0.15, -0.1) is 0 Å². The van der Waals surface area contributed by atoms with Crippen LogP contribution in [0.4, 0.5) is 5.69 Å². The van der Waals surface area contributed by atoms with Crippen molar-refractivity contribution in [2.45, 2.75) is 62.4 Å². The molecule has 1 heterocycles. The van der Waals surface area contributed by atoms with Gasteiger partial charge < -0.3 is 25.7 Å². The molecule has 27 heavy (non-hydrogen) atoms. The molecule has 146 valence electrons. The monoisotopic (exact) mass is 409 g/mol. The summed E-state index contributed by atoms with van der Waals surface area (Å²) in [6.45, 7) is 0. The van der Waals surface area contributed by atoms with E-state index in [9.17, 15) is 15.0 Å². The standard InChI is InChI=1S/C19H24ClN3O3S/c20-10-5-7-12(8-6-10)23-16-13(18(26)21-11-3-1-2-4-11)9-14(24)17(25)15(16)22-19(23)27/h5-8,11,13-17,24-25H,1-4,9H2,(H,21,26)(H,22,27)/t13-,14-,15-,16-,17+/m1/s1. The van der Waals surface area contributed by atoms with Crippen molar-refractivity contribution < 1.29 is 15.0 Å². The Kier molecular flexibility index (Phi) is 5.29. The predicted molar refractivity (Wildman–Crippen MR) is 108 cm³/mol. The van der Waals surface area contributed by atoms with E-state index >= 15 is 0 Å². The Hall–Kier alpha value is -1.41. The second-order valence-electron chi connectivity index (χ2n) is 7.70. The first-order valence-corrected chi connectivity index (χ1v) is 10.3. The molecule has 8 heteroatoms. The summed E-state index contributed by atoms with van der Waals surface area (Å²) in [7, 11) is 0. The molecule has 2 aliphatic carbocycles. The topological polar surface area (TPSA) is 84.8 Å². The molecule has 4 rings (SSSR count). The molecule has 3 fully saturated rings. The Morgan fingerprint density at radius 3 is 2.56 bits per heavy atom. The number of nitrogens with one attached hydrogen (secondary N) is 2. The number of aliphatic hydroxyl groups excluding tert-OH is 2. The summed E-state index contributed by atoms with van der Waals surface area (Å²) < 4.78 is 0. The van der Waals surface area contributed by atoms with Gasteiger partial charge in [-0.25, -0.2) is 0 Å². The van der Waals surface area contributed by atoms with Crippen LogP contribution in [0.1, 0.15) is 32.1 Å². The molecule has 1 aromatic carbocycles. The normalized spacial score (nSPS) is 33.7. The van der Waals surface area contributed by atoms with Crippen LogP contribution in [0, 0.1) is 5.92 Å². The minimum atomic E-state index is -0.985. The lowest BCUT2D eigenvalue weighted by Gasteiger charge is -2.41. The highest BCUT2D eigenvalue weighted by Crippen LogP contribution is 2.37. The van der Waals surface area contributed by atoms with E-state index in [4.69, 9.17) is 23.8 Å². The molecule has 6 nitrogen and oxygen atoms in total. The first kappa shape index (κ1) is 18.9. The van der Waals surface area contributed by atoms with Gasteiger partial charge in [0, 0.05) is 16.8 Å². The minimum Gasteiger partial charge on any atom is -0.390 e. The highest BCUT2D eigenvalue weighted by atomic mass is 35.5. The number of hydrogen-bond donors (Lipinski definition) is 4. The van der Waals surface area contributed by atoms with Crippen molar-refractivity contribution in [2.24, 2.45) is 5.92 Å². The van der Waals surface area contributed by atoms with Gasteiger partial charge in [-0.2, -0.15) is 0 Å². The Bertz CT molecular complexity index is 725. The van der Waals surface area contributed by atoms with Gasteiger partial charge in [0.05, 0.1) is 24.1 Å². The van der Waals surface area contributed by atoms with Gasteiger partial charge in [0.25, 0.3) is 0 Å². The van der Waals surface area contributed by atoms with Gasteiger partial charge in [0.1, 0.15) is 6.10 Å². The number of halogens is 1. The molecular weight excluding hydrogens is 386 g/mol. The minimum absolute atomic E-state index is 0.0756. The van der Waals surface area contributed by atoms with E-state index in [1.165, 1.54) is 0 Å². The number of thiocarbonyl (C=S) groups is 1. The number of carbonyl (C=O) groups excluding carboxylic acids is 1. The van der Waals surface area contributed by atoms with E-state index in [1.807, 2.05) is 17.0 Å². The van der Waals surface area contributed by atoms with Crippen LogP contribution < -0.4 is 15.5 Å². The van der Waals surface area contributed by atoms with Crippen molar-refractivity contribution in [1.82, 2.24) is 10.6 Å². The first-order chi connectivity index (χ1) is 13.0.